The monoisotopic (exact) mass is 343 g/mol. The van der Waals surface area contributed by atoms with E-state index in [-0.39, 0.29) is 18.1 Å². The zero-order chi connectivity index (χ0) is 16.6. The lowest BCUT2D eigenvalue weighted by Crippen LogP contribution is -2.54. The van der Waals surface area contributed by atoms with E-state index >= 15 is 0 Å². The summed E-state index contributed by atoms with van der Waals surface area (Å²) in [6, 6.07) is 0. The van der Waals surface area contributed by atoms with Crippen LogP contribution in [0, 0.1) is 6.92 Å². The maximum atomic E-state index is 12.8. The van der Waals surface area contributed by atoms with E-state index < -0.39 is 10.2 Å². The fraction of sp³-hybridized carbons (Fsp3) is 0.857. The van der Waals surface area contributed by atoms with E-state index in [0.717, 1.165) is 24.5 Å². The first-order valence-corrected chi connectivity index (χ1v) is 9.55. The first-order valence-electron chi connectivity index (χ1n) is 8.16. The van der Waals surface area contributed by atoms with E-state index in [4.69, 9.17) is 4.74 Å². The predicted octanol–water partition coefficient (Wildman–Crippen LogP) is 0.647. The van der Waals surface area contributed by atoms with Crippen molar-refractivity contribution in [2.24, 2.45) is 0 Å². The third kappa shape index (κ3) is 3.57. The summed E-state index contributed by atoms with van der Waals surface area (Å²) in [4.78, 5) is 4.37. The van der Waals surface area contributed by atoms with Gasteiger partial charge in [0.1, 0.15) is 5.82 Å². The van der Waals surface area contributed by atoms with Gasteiger partial charge < -0.3 is 4.74 Å². The molecule has 0 amide bonds. The number of piperidine rings is 1. The Morgan fingerprint density at radius 1 is 1.13 bits per heavy atom. The SMILES string of the molecule is Cc1nc(C2CCN(S(=O)(=O)N3C[C@H](C)O[C@@H](C)C3)CC2)n[nH]1. The standard InChI is InChI=1S/C14H25N5O3S/c1-10-8-19(9-11(2)22-10)23(20,21)18-6-4-13(5-7-18)14-15-12(3)16-17-14/h10-11,13H,4-9H2,1-3H3,(H,15,16,17)/t10-,11-/m0/s1. The number of aromatic nitrogens is 3. The molecule has 9 heteroatoms. The van der Waals surface area contributed by atoms with Gasteiger partial charge in [0, 0.05) is 32.1 Å². The fourth-order valence-electron chi connectivity index (χ4n) is 3.37. The van der Waals surface area contributed by atoms with Gasteiger partial charge in [-0.3, -0.25) is 5.10 Å². The average Bonchev–Trinajstić information content (AvgIpc) is 2.93. The van der Waals surface area contributed by atoms with E-state index in [1.165, 1.54) is 0 Å². The van der Waals surface area contributed by atoms with E-state index in [0.29, 0.717) is 26.2 Å². The molecule has 2 atom stereocenters. The van der Waals surface area contributed by atoms with Crippen LogP contribution in [-0.4, -0.2) is 70.6 Å². The van der Waals surface area contributed by atoms with E-state index in [1.807, 2.05) is 20.8 Å². The van der Waals surface area contributed by atoms with E-state index in [9.17, 15) is 8.42 Å². The summed E-state index contributed by atoms with van der Waals surface area (Å²) in [5.41, 5.74) is 0. The first-order chi connectivity index (χ1) is 10.9. The molecule has 0 bridgehead atoms. The Kier molecular flexibility index (Phi) is 4.73. The third-order valence-corrected chi connectivity index (χ3v) is 6.44. The van der Waals surface area contributed by atoms with E-state index in [2.05, 4.69) is 15.2 Å². The van der Waals surface area contributed by atoms with Crippen LogP contribution in [0.5, 0.6) is 0 Å². The molecule has 8 nitrogen and oxygen atoms in total. The zero-order valence-electron chi connectivity index (χ0n) is 13.9. The Balaban J connectivity index is 1.64. The average molecular weight is 343 g/mol. The van der Waals surface area contributed by atoms with Crippen molar-refractivity contribution in [1.29, 1.82) is 0 Å². The van der Waals surface area contributed by atoms with Gasteiger partial charge in [-0.25, -0.2) is 4.98 Å². The van der Waals surface area contributed by atoms with Crippen molar-refractivity contribution in [3.05, 3.63) is 11.6 Å². The van der Waals surface area contributed by atoms with Crippen molar-refractivity contribution in [1.82, 2.24) is 23.8 Å². The molecule has 3 heterocycles. The molecule has 130 valence electrons. The van der Waals surface area contributed by atoms with Crippen molar-refractivity contribution in [2.45, 2.75) is 51.7 Å². The molecule has 2 fully saturated rings. The molecular weight excluding hydrogens is 318 g/mol. The van der Waals surface area contributed by atoms with Crippen LogP contribution in [0.25, 0.3) is 0 Å². The molecule has 23 heavy (non-hydrogen) atoms. The summed E-state index contributed by atoms with van der Waals surface area (Å²) in [6.45, 7) is 7.57. The highest BCUT2D eigenvalue weighted by atomic mass is 32.2. The number of nitrogens with one attached hydrogen (secondary N) is 1. The Morgan fingerprint density at radius 3 is 2.26 bits per heavy atom. The molecule has 0 radical (unpaired) electrons. The molecule has 2 aliphatic heterocycles. The van der Waals surface area contributed by atoms with Gasteiger partial charge in [-0.2, -0.15) is 22.1 Å². The normalized spacial score (nSPS) is 29.0. The molecule has 2 saturated heterocycles. The molecule has 0 aromatic carbocycles. The molecule has 1 N–H and O–H groups in total. The molecule has 3 rings (SSSR count). The maximum absolute atomic E-state index is 12.8. The molecule has 0 spiro atoms. The molecule has 2 aliphatic rings. The van der Waals surface area contributed by atoms with Gasteiger partial charge in [-0.1, -0.05) is 0 Å². The van der Waals surface area contributed by atoms with Crippen molar-refractivity contribution in [3.63, 3.8) is 0 Å². The minimum Gasteiger partial charge on any atom is -0.373 e. The van der Waals surface area contributed by atoms with Crippen LogP contribution in [0.2, 0.25) is 0 Å². The van der Waals surface area contributed by atoms with Crippen LogP contribution in [-0.2, 0) is 14.9 Å². The number of nitrogens with zero attached hydrogens (tertiary/aromatic N) is 4. The van der Waals surface area contributed by atoms with Crippen molar-refractivity contribution in [3.8, 4) is 0 Å². The Morgan fingerprint density at radius 2 is 1.74 bits per heavy atom. The number of aromatic amines is 1. The largest absolute Gasteiger partial charge is 0.373 e. The van der Waals surface area contributed by atoms with Gasteiger partial charge in [0.25, 0.3) is 10.2 Å². The van der Waals surface area contributed by atoms with Gasteiger partial charge in [-0.05, 0) is 33.6 Å². The van der Waals surface area contributed by atoms with Crippen LogP contribution in [0.4, 0.5) is 0 Å². The van der Waals surface area contributed by atoms with Gasteiger partial charge in [0.05, 0.1) is 12.2 Å². The van der Waals surface area contributed by atoms with Crippen LogP contribution >= 0.6 is 0 Å². The summed E-state index contributed by atoms with van der Waals surface area (Å²) < 4.78 is 34.5. The number of hydrogen-bond donors (Lipinski definition) is 1. The molecule has 1 aromatic heterocycles. The summed E-state index contributed by atoms with van der Waals surface area (Å²) in [5, 5.41) is 7.06. The molecule has 0 saturated carbocycles. The predicted molar refractivity (Wildman–Crippen MR) is 85.2 cm³/mol. The highest BCUT2D eigenvalue weighted by Gasteiger charge is 2.37. The summed E-state index contributed by atoms with van der Waals surface area (Å²) in [6.07, 6.45) is 1.38. The van der Waals surface area contributed by atoms with Crippen LogP contribution in [0.1, 0.15) is 44.3 Å². The summed E-state index contributed by atoms with van der Waals surface area (Å²) in [5.74, 6) is 1.83. The molecular formula is C14H25N5O3S. The lowest BCUT2D eigenvalue weighted by molar-refractivity contribution is -0.0456. The van der Waals surface area contributed by atoms with Gasteiger partial charge in [0.15, 0.2) is 5.82 Å². The van der Waals surface area contributed by atoms with Crippen LogP contribution in [0.3, 0.4) is 0 Å². The fourth-order valence-corrected chi connectivity index (χ4v) is 5.17. The van der Waals surface area contributed by atoms with E-state index in [1.54, 1.807) is 8.61 Å². The third-order valence-electron chi connectivity index (χ3n) is 4.47. The van der Waals surface area contributed by atoms with Gasteiger partial charge in [-0.15, -0.1) is 0 Å². The topological polar surface area (TPSA) is 91.4 Å². The number of morpholine rings is 1. The highest BCUT2D eigenvalue weighted by Crippen LogP contribution is 2.28. The minimum absolute atomic E-state index is 0.0673. The van der Waals surface area contributed by atoms with Gasteiger partial charge in [0.2, 0.25) is 0 Å². The first kappa shape index (κ1) is 16.8. The Labute approximate surface area is 137 Å². The minimum atomic E-state index is -3.41. The van der Waals surface area contributed by atoms with Crippen LogP contribution < -0.4 is 0 Å². The van der Waals surface area contributed by atoms with Crippen molar-refractivity contribution < 1.29 is 13.2 Å². The quantitative estimate of drug-likeness (QED) is 0.870. The van der Waals surface area contributed by atoms with Crippen molar-refractivity contribution >= 4 is 10.2 Å². The van der Waals surface area contributed by atoms with Crippen LogP contribution in [0.15, 0.2) is 0 Å². The smallest absolute Gasteiger partial charge is 0.282 e. The number of H-pyrrole nitrogens is 1. The van der Waals surface area contributed by atoms with Gasteiger partial charge >= 0.3 is 0 Å². The lowest BCUT2D eigenvalue weighted by Gasteiger charge is -2.39. The second-order valence-electron chi connectivity index (χ2n) is 6.53. The number of hydrogen-bond acceptors (Lipinski definition) is 5. The number of ether oxygens (including phenoxy) is 1. The lowest BCUT2D eigenvalue weighted by atomic mass is 9.98. The zero-order valence-corrected chi connectivity index (χ0v) is 14.7. The molecule has 1 aromatic rings. The maximum Gasteiger partial charge on any atom is 0.282 e. The highest BCUT2D eigenvalue weighted by molar-refractivity contribution is 7.86. The second-order valence-corrected chi connectivity index (χ2v) is 8.46. The summed E-state index contributed by atoms with van der Waals surface area (Å²) in [7, 11) is -3.41. The Bertz CT molecular complexity index is 629. The second kappa shape index (κ2) is 6.46. The summed E-state index contributed by atoms with van der Waals surface area (Å²) >= 11 is 0. The van der Waals surface area contributed by atoms with Crippen molar-refractivity contribution in [2.75, 3.05) is 26.2 Å². The Hall–Kier alpha value is -1.03. The molecule has 0 unspecified atom stereocenters. The number of rotatable bonds is 3. The molecule has 0 aliphatic carbocycles. The number of aryl methyl sites for hydroxylation is 1.